The Hall–Kier alpha value is 2.11. The number of hydrogen-bond acceptors (Lipinski definition) is 1. The molecule has 0 aliphatic heterocycles. The van der Waals surface area contributed by atoms with Crippen molar-refractivity contribution in [2.75, 3.05) is 5.33 Å². The molecule has 0 amide bonds. The number of halogens is 3. The van der Waals surface area contributed by atoms with Crippen LogP contribution in [0.5, 0.6) is 0 Å². The zero-order chi connectivity index (χ0) is 6.28. The van der Waals surface area contributed by atoms with Gasteiger partial charge in [0.2, 0.25) is 0 Å². The van der Waals surface area contributed by atoms with Crippen LogP contribution in [0.3, 0.4) is 0 Å². The molecular weight excluding hydrogens is 328 g/mol. The summed E-state index contributed by atoms with van der Waals surface area (Å²) in [6, 6.07) is 0. The van der Waals surface area contributed by atoms with Crippen LogP contribution < -0.4 is 0 Å². The van der Waals surface area contributed by atoms with Gasteiger partial charge in [-0.15, -0.1) is 0 Å². The monoisotopic (exact) mass is 329 g/mol. The number of aliphatic hydroxyl groups excluding tert-OH is 1. The first-order valence-electron chi connectivity index (χ1n) is 1.34. The van der Waals surface area contributed by atoms with Crippen LogP contribution in [0.4, 0.5) is 0 Å². The van der Waals surface area contributed by atoms with Crippen molar-refractivity contribution in [3.05, 3.63) is 0 Å². The van der Waals surface area contributed by atoms with Crippen molar-refractivity contribution in [2.45, 2.75) is 5.01 Å². The summed E-state index contributed by atoms with van der Waals surface area (Å²) >= 11 is 10.6. The molecule has 0 aliphatic carbocycles. The van der Waals surface area contributed by atoms with E-state index in [0.717, 1.165) is 0 Å². The van der Waals surface area contributed by atoms with E-state index in [1.54, 1.807) is 0 Å². The van der Waals surface area contributed by atoms with Crippen molar-refractivity contribution >= 4 is 45.0 Å². The molecule has 0 aromatic rings. The Labute approximate surface area is 78.0 Å². The predicted octanol–water partition coefficient (Wildman–Crippen LogP) is 1.94. The summed E-state index contributed by atoms with van der Waals surface area (Å²) in [6.45, 7) is 0. The van der Waals surface area contributed by atoms with Gasteiger partial charge in [-0.1, -0.05) is 31.9 Å². The van der Waals surface area contributed by atoms with Gasteiger partial charge in [0.05, 0.1) is 0 Å². The van der Waals surface area contributed by atoms with Crippen LogP contribution in [0.25, 0.3) is 0 Å². The van der Waals surface area contributed by atoms with E-state index in [9.17, 15) is 0 Å². The summed E-state index contributed by atoms with van der Waals surface area (Å²) in [5, 5.41) is 8.43. The van der Waals surface area contributed by atoms with E-state index in [4.69, 9.17) is 5.11 Å². The van der Waals surface area contributed by atoms with Crippen molar-refractivity contribution < 1.29 is 23.4 Å². The Morgan fingerprint density at radius 2 is 1.71 bits per heavy atom. The van der Waals surface area contributed by atoms with E-state index in [-0.39, 0.29) is 5.01 Å². The Kier molecular flexibility index (Phi) is 18.6. The third kappa shape index (κ3) is 17.9. The number of rotatable bonds is 1. The van der Waals surface area contributed by atoms with Gasteiger partial charge in [-0.3, -0.25) is 0 Å². The first kappa shape index (κ1) is 11.9. The van der Waals surface area contributed by atoms with E-state index < -0.39 is 0 Å². The van der Waals surface area contributed by atoms with Gasteiger partial charge in [0.1, 0.15) is 5.01 Å². The molecule has 0 saturated heterocycles. The predicted molar refractivity (Wildman–Crippen MR) is 37.7 cm³/mol. The number of alkyl halides is 2. The molecule has 5 heteroatoms. The van der Waals surface area contributed by atoms with Crippen LogP contribution in [-0.2, 0) is 18.3 Å². The second kappa shape index (κ2) is 11.0. The Balaban J connectivity index is 0. The molecule has 0 bridgehead atoms. The Morgan fingerprint density at radius 3 is 1.71 bits per heavy atom. The van der Waals surface area contributed by atoms with Gasteiger partial charge in [-0.05, 0) is 0 Å². The molecule has 0 rings (SSSR count). The van der Waals surface area contributed by atoms with Gasteiger partial charge in [0, 0.05) is 5.33 Å². The van der Waals surface area contributed by atoms with E-state index in [0.29, 0.717) is 5.33 Å². The molecule has 7 heavy (non-hydrogen) atoms. The molecule has 0 heterocycles. The fraction of sp³-hybridized carbons (Fsp3) is 1.00. The zero-order valence-electron chi connectivity index (χ0n) is 3.37. The average Bonchev–Trinajstić information content (AvgIpc) is 1.73. The van der Waals surface area contributed by atoms with Gasteiger partial charge in [-0.2, -0.15) is 0 Å². The molecule has 0 fully saturated rings. The van der Waals surface area contributed by atoms with Crippen molar-refractivity contribution in [1.82, 2.24) is 0 Å². The second-order valence-corrected chi connectivity index (χ2v) is 2.29. The van der Waals surface area contributed by atoms with Gasteiger partial charge in [0.25, 0.3) is 0 Å². The maximum atomic E-state index is 8.23. The fourth-order valence-electron chi connectivity index (χ4n) is 0. The molecule has 43 valence electrons. The molecule has 1 atom stereocenters. The second-order valence-electron chi connectivity index (χ2n) is 0.589. The number of aliphatic hydroxyl groups is 1. The molecular formula is C2H4Br3OTi. The van der Waals surface area contributed by atoms with Gasteiger partial charge in [-0.25, -0.2) is 0 Å². The van der Waals surface area contributed by atoms with Gasteiger partial charge >= 0.3 is 31.5 Å². The van der Waals surface area contributed by atoms with E-state index >= 15 is 0 Å². The van der Waals surface area contributed by atoms with Crippen molar-refractivity contribution in [1.29, 1.82) is 0 Å². The minimum absolute atomic E-state index is 0.387. The van der Waals surface area contributed by atoms with Crippen molar-refractivity contribution in [2.24, 2.45) is 0 Å². The topological polar surface area (TPSA) is 20.2 Å². The van der Waals surface area contributed by atoms with Crippen LogP contribution in [0.15, 0.2) is 0 Å². The average molecular weight is 332 g/mol. The minimum atomic E-state index is -0.387. The summed E-state index contributed by atoms with van der Waals surface area (Å²) in [4.78, 5) is 0. The molecule has 0 aliphatic rings. The molecule has 1 unspecified atom stereocenters. The van der Waals surface area contributed by atoms with Crippen LogP contribution in [0.2, 0.25) is 0 Å². The van der Waals surface area contributed by atoms with Gasteiger partial charge in [0.15, 0.2) is 0 Å². The molecule has 0 radical (unpaired) electrons. The first-order valence-corrected chi connectivity index (χ1v) is 7.24. The molecule has 0 aromatic carbocycles. The van der Waals surface area contributed by atoms with Crippen LogP contribution in [0, 0.1) is 0 Å². The van der Waals surface area contributed by atoms with Crippen molar-refractivity contribution in [3.8, 4) is 0 Å². The third-order valence-corrected chi connectivity index (χ3v) is 1.93. The van der Waals surface area contributed by atoms with Crippen molar-refractivity contribution in [3.63, 3.8) is 0 Å². The normalized spacial score (nSPS) is 11.3. The first-order chi connectivity index (χ1) is 3.27. The summed E-state index contributed by atoms with van der Waals surface area (Å²) in [5.74, 6) is 0. The summed E-state index contributed by atoms with van der Waals surface area (Å²) in [7, 11) is 0. The molecule has 0 aromatic heterocycles. The zero-order valence-corrected chi connectivity index (χ0v) is 9.69. The van der Waals surface area contributed by atoms with E-state index in [1.165, 1.54) is 0 Å². The molecule has 0 saturated carbocycles. The van der Waals surface area contributed by atoms with Gasteiger partial charge < -0.3 is 5.11 Å². The standard InChI is InChI=1S/C2H4Br2O.BrH.Ti/c3-1-2(4)5;;/h2,5H,1H2;1H;/q;;+1/p-1. The molecule has 1 N–H and O–H groups in total. The maximum absolute atomic E-state index is 8.23. The fourth-order valence-corrected chi connectivity index (χ4v) is 0. The Bertz CT molecular complexity index is 26.9. The summed E-state index contributed by atoms with van der Waals surface area (Å²) < 4.78 is 0. The Morgan fingerprint density at radius 1 is 1.57 bits per heavy atom. The molecule has 1 nitrogen and oxygen atoms in total. The van der Waals surface area contributed by atoms with Crippen LogP contribution in [0.1, 0.15) is 0 Å². The summed E-state index contributed by atoms with van der Waals surface area (Å²) in [6.07, 6.45) is 0. The van der Waals surface area contributed by atoms with Crippen LogP contribution >= 0.6 is 45.0 Å². The molecule has 0 spiro atoms. The van der Waals surface area contributed by atoms with E-state index in [2.05, 4.69) is 45.0 Å². The third-order valence-electron chi connectivity index (χ3n) is 0.127. The SMILES string of the molecule is OC(Br)CBr.[Ti][Br]. The van der Waals surface area contributed by atoms with Crippen LogP contribution in [-0.4, -0.2) is 15.4 Å². The summed E-state index contributed by atoms with van der Waals surface area (Å²) in [5.41, 5.74) is 0. The quantitative estimate of drug-likeness (QED) is 0.575. The van der Waals surface area contributed by atoms with E-state index in [1.807, 2.05) is 18.3 Å². The number of hydrogen-bond donors (Lipinski definition) is 1.